The number of rotatable bonds is 1. The van der Waals surface area contributed by atoms with E-state index in [1.807, 2.05) is 27.9 Å². The molecule has 2 aromatic heterocycles. The van der Waals surface area contributed by atoms with Crippen molar-refractivity contribution in [3.8, 4) is 5.75 Å². The summed E-state index contributed by atoms with van der Waals surface area (Å²) in [6.07, 6.45) is 3.32. The molecule has 1 atom stereocenters. The van der Waals surface area contributed by atoms with E-state index in [2.05, 4.69) is 5.10 Å². The number of pyridine rings is 1. The van der Waals surface area contributed by atoms with Crippen molar-refractivity contribution in [1.29, 1.82) is 0 Å². The second kappa shape index (κ2) is 6.54. The molecule has 0 spiro atoms. The first-order valence-electron chi connectivity index (χ1n) is 10.8. The molecule has 0 aliphatic carbocycles. The lowest BCUT2D eigenvalue weighted by atomic mass is 9.82. The Balaban J connectivity index is 1.70. The van der Waals surface area contributed by atoms with Crippen molar-refractivity contribution in [3.05, 3.63) is 93.3 Å². The van der Waals surface area contributed by atoms with Gasteiger partial charge < -0.3 is 5.11 Å². The van der Waals surface area contributed by atoms with Gasteiger partial charge in [-0.1, -0.05) is 38.1 Å². The van der Waals surface area contributed by atoms with Gasteiger partial charge in [-0.3, -0.25) is 24.0 Å². The highest BCUT2D eigenvalue weighted by molar-refractivity contribution is 6.02. The summed E-state index contributed by atoms with van der Waals surface area (Å²) >= 11 is 0. The maximum Gasteiger partial charge on any atom is 0.224 e. The van der Waals surface area contributed by atoms with E-state index in [1.54, 1.807) is 30.8 Å². The monoisotopic (exact) mass is 444 g/mol. The molecule has 4 heterocycles. The maximum atomic E-state index is 14.3. The van der Waals surface area contributed by atoms with Crippen LogP contribution in [0.25, 0.3) is 10.9 Å². The molecule has 0 saturated heterocycles. The number of hydrogen-bond donors (Lipinski definition) is 1. The number of aromatic hydroxyl groups is 1. The van der Waals surface area contributed by atoms with Crippen LogP contribution < -0.4 is 10.4 Å². The Morgan fingerprint density at radius 2 is 1.94 bits per heavy atom. The van der Waals surface area contributed by atoms with Crippen LogP contribution in [0.2, 0.25) is 0 Å². The van der Waals surface area contributed by atoms with Crippen LogP contribution >= 0.6 is 0 Å². The number of carbonyl (C=O) groups excluding carboxylic acids is 1. The first kappa shape index (κ1) is 19.7. The van der Waals surface area contributed by atoms with Crippen LogP contribution in [-0.4, -0.2) is 31.9 Å². The molecule has 2 aliphatic rings. The molecule has 0 saturated carbocycles. The third kappa shape index (κ3) is 2.70. The number of Topliss-reactive ketones (excluding diaryl/α,β-unsaturated/α-hetero) is 1. The minimum Gasteiger partial charge on any atom is -0.503 e. The van der Waals surface area contributed by atoms with E-state index in [4.69, 9.17) is 0 Å². The van der Waals surface area contributed by atoms with Crippen molar-refractivity contribution >= 4 is 16.7 Å². The van der Waals surface area contributed by atoms with Gasteiger partial charge in [-0.15, -0.1) is 0 Å². The topological polar surface area (TPSA) is 80.4 Å². The molecule has 0 amide bonds. The Kier molecular flexibility index (Phi) is 3.91. The van der Waals surface area contributed by atoms with Gasteiger partial charge >= 0.3 is 0 Å². The molecular formula is C25H21FN4O3. The van der Waals surface area contributed by atoms with Crippen molar-refractivity contribution in [3.63, 3.8) is 0 Å². The molecule has 0 unspecified atom stereocenters. The van der Waals surface area contributed by atoms with Gasteiger partial charge in [0.25, 0.3) is 0 Å². The van der Waals surface area contributed by atoms with E-state index in [-0.39, 0.29) is 17.3 Å². The average Bonchev–Trinajstić information content (AvgIpc) is 3.12. The van der Waals surface area contributed by atoms with Gasteiger partial charge in [0.2, 0.25) is 5.43 Å². The molecule has 0 bridgehead atoms. The molecule has 0 radical (unpaired) electrons. The molecule has 0 fully saturated rings. The highest BCUT2D eigenvalue weighted by Crippen LogP contribution is 2.42. The minimum absolute atomic E-state index is 0.0349. The number of para-hydroxylation sites is 1. The number of hydrogen-bond acceptors (Lipinski definition) is 5. The zero-order chi connectivity index (χ0) is 23.1. The van der Waals surface area contributed by atoms with Crippen LogP contribution in [0.3, 0.4) is 0 Å². The first-order chi connectivity index (χ1) is 15.8. The Labute approximate surface area is 188 Å². The summed E-state index contributed by atoms with van der Waals surface area (Å²) in [6, 6.07) is 11.5. The summed E-state index contributed by atoms with van der Waals surface area (Å²) in [4.78, 5) is 25.5. The molecule has 1 N–H and O–H groups in total. The number of carbonyl (C=O) groups is 1. The molecule has 2 aromatic carbocycles. The number of benzene rings is 2. The van der Waals surface area contributed by atoms with E-state index in [9.17, 15) is 19.1 Å². The lowest BCUT2D eigenvalue weighted by molar-refractivity contribution is 0.0787. The number of fused-ring (bicyclic) bond motifs is 2. The molecular weight excluding hydrogens is 423 g/mol. The molecule has 6 rings (SSSR count). The predicted octanol–water partition coefficient (Wildman–Crippen LogP) is 3.35. The quantitative estimate of drug-likeness (QED) is 0.487. The fourth-order valence-corrected chi connectivity index (χ4v) is 5.17. The second-order valence-electron chi connectivity index (χ2n) is 9.37. The summed E-state index contributed by atoms with van der Waals surface area (Å²) in [6.45, 7) is 4.33. The van der Waals surface area contributed by atoms with Gasteiger partial charge in [0, 0.05) is 35.2 Å². The van der Waals surface area contributed by atoms with Crippen LogP contribution in [0.4, 0.5) is 4.39 Å². The zero-order valence-corrected chi connectivity index (χ0v) is 18.1. The van der Waals surface area contributed by atoms with E-state index in [0.29, 0.717) is 13.1 Å². The van der Waals surface area contributed by atoms with Gasteiger partial charge in [0.1, 0.15) is 5.82 Å². The summed E-state index contributed by atoms with van der Waals surface area (Å²) < 4.78 is 17.7. The van der Waals surface area contributed by atoms with Crippen molar-refractivity contribution in [2.45, 2.75) is 26.4 Å². The Morgan fingerprint density at radius 1 is 1.12 bits per heavy atom. The fourth-order valence-electron chi connectivity index (χ4n) is 5.17. The Bertz CT molecular complexity index is 1530. The Hall–Kier alpha value is -3.94. The number of nitrogens with zero attached hydrogens (tertiary/aromatic N) is 4. The lowest BCUT2D eigenvalue weighted by Crippen LogP contribution is -2.54. The summed E-state index contributed by atoms with van der Waals surface area (Å²) in [7, 11) is 0. The van der Waals surface area contributed by atoms with Gasteiger partial charge in [-0.05, 0) is 23.3 Å². The van der Waals surface area contributed by atoms with Crippen LogP contribution in [0.1, 0.15) is 47.1 Å². The first-order valence-corrected chi connectivity index (χ1v) is 10.8. The normalized spacial score (nSPS) is 18.7. The number of aromatic nitrogens is 3. The minimum atomic E-state index is -0.869. The van der Waals surface area contributed by atoms with Crippen molar-refractivity contribution in [2.75, 3.05) is 11.6 Å². The van der Waals surface area contributed by atoms with Crippen LogP contribution in [-0.2, 0) is 6.54 Å². The third-order valence-electron chi connectivity index (χ3n) is 6.72. The SMILES string of the molecule is CC1(C)CN([C@@H]2c3ccc(F)cc3Cn3ncc4cccc2c43)n2ccc(=O)c(O)c2C1=O. The molecule has 8 heteroatoms. The van der Waals surface area contributed by atoms with E-state index in [0.717, 1.165) is 27.6 Å². The third-order valence-corrected chi connectivity index (χ3v) is 6.72. The average molecular weight is 444 g/mol. The number of halogens is 1. The van der Waals surface area contributed by atoms with E-state index >= 15 is 0 Å². The lowest BCUT2D eigenvalue weighted by Gasteiger charge is -2.45. The van der Waals surface area contributed by atoms with Gasteiger partial charge in [-0.25, -0.2) is 4.39 Å². The highest BCUT2D eigenvalue weighted by Gasteiger charge is 2.44. The van der Waals surface area contributed by atoms with Gasteiger partial charge in [-0.2, -0.15) is 5.10 Å². The van der Waals surface area contributed by atoms with Gasteiger partial charge in [0.05, 0.1) is 24.3 Å². The summed E-state index contributed by atoms with van der Waals surface area (Å²) in [5.41, 5.74) is 2.03. The summed E-state index contributed by atoms with van der Waals surface area (Å²) in [5.74, 6) is -1.20. The highest BCUT2D eigenvalue weighted by atomic mass is 19.1. The van der Waals surface area contributed by atoms with Crippen LogP contribution in [0, 0.1) is 11.2 Å². The molecule has 166 valence electrons. The van der Waals surface area contributed by atoms with E-state index in [1.165, 1.54) is 24.4 Å². The smallest absolute Gasteiger partial charge is 0.224 e. The Morgan fingerprint density at radius 3 is 2.76 bits per heavy atom. The summed E-state index contributed by atoms with van der Waals surface area (Å²) in [5, 5.41) is 18.1. The van der Waals surface area contributed by atoms with Crippen LogP contribution in [0.15, 0.2) is 59.7 Å². The van der Waals surface area contributed by atoms with Crippen LogP contribution in [0.5, 0.6) is 5.75 Å². The largest absolute Gasteiger partial charge is 0.503 e. The molecule has 4 aromatic rings. The molecule has 2 aliphatic heterocycles. The maximum absolute atomic E-state index is 14.3. The molecule has 7 nitrogen and oxygen atoms in total. The standard InChI is InChI=1S/C25H21FN4O3/c1-25(2)13-30(29-9-8-19(31)23(32)22(29)24(25)33)21-17-7-6-16(26)10-15(17)12-28-20-14(11-27-28)4-3-5-18(20)21/h3-11,21,32H,12-13H2,1-2H3/t21-/m1/s1. The fraction of sp³-hybridized carbons (Fsp3) is 0.240. The van der Waals surface area contributed by atoms with Crippen molar-refractivity contribution in [2.24, 2.45) is 5.41 Å². The number of ketones is 1. The molecule has 33 heavy (non-hydrogen) atoms. The van der Waals surface area contributed by atoms with E-state index < -0.39 is 22.6 Å². The predicted molar refractivity (Wildman–Crippen MR) is 121 cm³/mol. The van der Waals surface area contributed by atoms with Crippen molar-refractivity contribution < 1.29 is 14.3 Å². The zero-order valence-electron chi connectivity index (χ0n) is 18.1. The van der Waals surface area contributed by atoms with Gasteiger partial charge in [0.15, 0.2) is 17.2 Å². The van der Waals surface area contributed by atoms with Crippen molar-refractivity contribution in [1.82, 2.24) is 14.5 Å². The second-order valence-corrected chi connectivity index (χ2v) is 9.37.